The fourth-order valence-corrected chi connectivity index (χ4v) is 2.78. The van der Waals surface area contributed by atoms with Gasteiger partial charge in [-0.15, -0.1) is 11.3 Å². The highest BCUT2D eigenvalue weighted by molar-refractivity contribution is 7.10. The van der Waals surface area contributed by atoms with Gasteiger partial charge in [-0.3, -0.25) is 4.79 Å². The first-order valence-corrected chi connectivity index (χ1v) is 6.29. The van der Waals surface area contributed by atoms with Crippen LogP contribution in [0.4, 0.5) is 5.69 Å². The highest BCUT2D eigenvalue weighted by Crippen LogP contribution is 2.29. The standard InChI is InChI=1S/C14H11NOS/c15-11-3-4-13-9(7-11)6-10(14(13)16)8-12-2-1-5-17-12/h1-5,7-8H,6,15H2/b10-8+. The van der Waals surface area contributed by atoms with Gasteiger partial charge < -0.3 is 5.73 Å². The zero-order valence-corrected chi connectivity index (χ0v) is 9.96. The smallest absolute Gasteiger partial charge is 0.189 e. The number of thiophene rings is 1. The number of rotatable bonds is 1. The molecule has 0 atom stereocenters. The van der Waals surface area contributed by atoms with Gasteiger partial charge >= 0.3 is 0 Å². The SMILES string of the molecule is Nc1ccc2c(c1)C/C(=C\c1cccs1)C2=O. The van der Waals surface area contributed by atoms with E-state index in [9.17, 15) is 4.79 Å². The number of carbonyl (C=O) groups excluding carboxylic acids is 1. The zero-order chi connectivity index (χ0) is 11.8. The van der Waals surface area contributed by atoms with Crippen LogP contribution in [0.3, 0.4) is 0 Å². The van der Waals surface area contributed by atoms with E-state index in [-0.39, 0.29) is 5.78 Å². The Morgan fingerprint density at radius 1 is 1.29 bits per heavy atom. The first-order chi connectivity index (χ1) is 8.24. The minimum atomic E-state index is 0.133. The second-order valence-electron chi connectivity index (χ2n) is 4.11. The monoisotopic (exact) mass is 241 g/mol. The molecule has 3 rings (SSSR count). The number of allylic oxidation sites excluding steroid dienone is 1. The summed E-state index contributed by atoms with van der Waals surface area (Å²) in [5.41, 5.74) is 9.13. The van der Waals surface area contributed by atoms with Gasteiger partial charge in [0.1, 0.15) is 0 Å². The molecule has 84 valence electrons. The molecule has 0 saturated heterocycles. The Bertz CT molecular complexity index is 611. The molecule has 0 radical (unpaired) electrons. The maximum Gasteiger partial charge on any atom is 0.189 e. The van der Waals surface area contributed by atoms with Crippen molar-refractivity contribution in [3.63, 3.8) is 0 Å². The third-order valence-electron chi connectivity index (χ3n) is 2.91. The molecule has 0 spiro atoms. The topological polar surface area (TPSA) is 43.1 Å². The van der Waals surface area contributed by atoms with Crippen molar-refractivity contribution in [2.75, 3.05) is 5.73 Å². The Kier molecular flexibility index (Phi) is 2.34. The summed E-state index contributed by atoms with van der Waals surface area (Å²) in [7, 11) is 0. The molecule has 1 aliphatic rings. The van der Waals surface area contributed by atoms with Crippen LogP contribution in [0.5, 0.6) is 0 Å². The van der Waals surface area contributed by atoms with Gasteiger partial charge in [-0.2, -0.15) is 0 Å². The van der Waals surface area contributed by atoms with Gasteiger partial charge in [-0.1, -0.05) is 6.07 Å². The number of hydrogen-bond donors (Lipinski definition) is 1. The molecule has 0 bridgehead atoms. The van der Waals surface area contributed by atoms with Crippen molar-refractivity contribution in [2.45, 2.75) is 6.42 Å². The van der Waals surface area contributed by atoms with Crippen LogP contribution in [0.2, 0.25) is 0 Å². The van der Waals surface area contributed by atoms with E-state index in [1.54, 1.807) is 17.4 Å². The first kappa shape index (κ1) is 10.3. The maximum atomic E-state index is 12.1. The highest BCUT2D eigenvalue weighted by Gasteiger charge is 2.24. The lowest BCUT2D eigenvalue weighted by molar-refractivity contribution is 0.104. The molecule has 2 nitrogen and oxygen atoms in total. The van der Waals surface area contributed by atoms with Gasteiger partial charge in [-0.05, 0) is 41.3 Å². The number of anilines is 1. The van der Waals surface area contributed by atoms with E-state index in [0.29, 0.717) is 12.1 Å². The molecule has 0 aliphatic heterocycles. The minimum absolute atomic E-state index is 0.133. The molecular weight excluding hydrogens is 230 g/mol. The molecule has 3 heteroatoms. The average molecular weight is 241 g/mol. The van der Waals surface area contributed by atoms with Crippen LogP contribution in [0.15, 0.2) is 41.3 Å². The quantitative estimate of drug-likeness (QED) is 0.615. The van der Waals surface area contributed by atoms with Gasteiger partial charge in [0.25, 0.3) is 0 Å². The second kappa shape index (κ2) is 3.86. The number of ketones is 1. The number of fused-ring (bicyclic) bond motifs is 1. The summed E-state index contributed by atoms with van der Waals surface area (Å²) in [6.45, 7) is 0. The summed E-state index contributed by atoms with van der Waals surface area (Å²) in [4.78, 5) is 13.2. The Labute approximate surface area is 103 Å². The normalized spacial score (nSPS) is 16.5. The van der Waals surface area contributed by atoms with Crippen molar-refractivity contribution in [3.05, 3.63) is 57.3 Å². The molecule has 0 saturated carbocycles. The number of Topliss-reactive ketones (excluding diaryl/α,β-unsaturated/α-hetero) is 1. The van der Waals surface area contributed by atoms with Crippen LogP contribution in [0.25, 0.3) is 6.08 Å². The molecule has 2 aromatic rings. The molecule has 1 aromatic carbocycles. The minimum Gasteiger partial charge on any atom is -0.399 e. The van der Waals surface area contributed by atoms with Crippen LogP contribution in [0.1, 0.15) is 20.8 Å². The zero-order valence-electron chi connectivity index (χ0n) is 9.14. The molecule has 1 aromatic heterocycles. The number of nitrogen functional groups attached to an aromatic ring is 1. The Morgan fingerprint density at radius 2 is 2.18 bits per heavy atom. The number of carbonyl (C=O) groups is 1. The highest BCUT2D eigenvalue weighted by atomic mass is 32.1. The van der Waals surface area contributed by atoms with Crippen molar-refractivity contribution in [3.8, 4) is 0 Å². The predicted octanol–water partition coefficient (Wildman–Crippen LogP) is 3.15. The van der Waals surface area contributed by atoms with Crippen LogP contribution in [0, 0.1) is 0 Å². The molecule has 17 heavy (non-hydrogen) atoms. The molecule has 0 amide bonds. The van der Waals surface area contributed by atoms with E-state index in [4.69, 9.17) is 5.73 Å². The summed E-state index contributed by atoms with van der Waals surface area (Å²) in [5.74, 6) is 0.133. The predicted molar refractivity (Wildman–Crippen MR) is 71.2 cm³/mol. The number of hydrogen-bond acceptors (Lipinski definition) is 3. The van der Waals surface area contributed by atoms with Crippen molar-refractivity contribution in [1.82, 2.24) is 0 Å². The Hall–Kier alpha value is -1.87. The molecule has 0 fully saturated rings. The summed E-state index contributed by atoms with van der Waals surface area (Å²) >= 11 is 1.64. The molecular formula is C14H11NOS. The van der Waals surface area contributed by atoms with Gasteiger partial charge in [0.05, 0.1) is 0 Å². The Morgan fingerprint density at radius 3 is 2.94 bits per heavy atom. The molecule has 2 N–H and O–H groups in total. The number of benzene rings is 1. The average Bonchev–Trinajstić information content (AvgIpc) is 2.89. The lowest BCUT2D eigenvalue weighted by Crippen LogP contribution is -1.95. The fourth-order valence-electron chi connectivity index (χ4n) is 2.10. The van der Waals surface area contributed by atoms with Crippen molar-refractivity contribution < 1.29 is 4.79 Å². The summed E-state index contributed by atoms with van der Waals surface area (Å²) < 4.78 is 0. The second-order valence-corrected chi connectivity index (χ2v) is 5.09. The third-order valence-corrected chi connectivity index (χ3v) is 3.73. The van der Waals surface area contributed by atoms with Crippen molar-refractivity contribution >= 4 is 28.9 Å². The molecule has 0 unspecified atom stereocenters. The van der Waals surface area contributed by atoms with E-state index in [1.807, 2.05) is 35.7 Å². The largest absolute Gasteiger partial charge is 0.399 e. The van der Waals surface area contributed by atoms with Gasteiger partial charge in [0, 0.05) is 28.1 Å². The fraction of sp³-hybridized carbons (Fsp3) is 0.0714. The van der Waals surface area contributed by atoms with E-state index < -0.39 is 0 Å². The maximum absolute atomic E-state index is 12.1. The van der Waals surface area contributed by atoms with E-state index in [2.05, 4.69) is 0 Å². The number of nitrogens with two attached hydrogens (primary N) is 1. The van der Waals surface area contributed by atoms with Crippen LogP contribution < -0.4 is 5.73 Å². The van der Waals surface area contributed by atoms with Gasteiger partial charge in [0.2, 0.25) is 0 Å². The first-order valence-electron chi connectivity index (χ1n) is 5.41. The van der Waals surface area contributed by atoms with Gasteiger partial charge in [0.15, 0.2) is 5.78 Å². The van der Waals surface area contributed by atoms with E-state index >= 15 is 0 Å². The van der Waals surface area contributed by atoms with E-state index in [1.165, 1.54) is 0 Å². The van der Waals surface area contributed by atoms with E-state index in [0.717, 1.165) is 21.6 Å². The lowest BCUT2D eigenvalue weighted by Gasteiger charge is -1.96. The summed E-state index contributed by atoms with van der Waals surface area (Å²) in [6, 6.07) is 9.50. The molecule has 1 aliphatic carbocycles. The summed E-state index contributed by atoms with van der Waals surface area (Å²) in [5, 5.41) is 2.01. The molecule has 1 heterocycles. The van der Waals surface area contributed by atoms with Gasteiger partial charge in [-0.25, -0.2) is 0 Å². The van der Waals surface area contributed by atoms with Crippen LogP contribution >= 0.6 is 11.3 Å². The van der Waals surface area contributed by atoms with Crippen LogP contribution in [-0.2, 0) is 6.42 Å². The van der Waals surface area contributed by atoms with Crippen molar-refractivity contribution in [2.24, 2.45) is 0 Å². The van der Waals surface area contributed by atoms with Crippen molar-refractivity contribution in [1.29, 1.82) is 0 Å². The van der Waals surface area contributed by atoms with Crippen LogP contribution in [-0.4, -0.2) is 5.78 Å². The lowest BCUT2D eigenvalue weighted by atomic mass is 10.1. The summed E-state index contributed by atoms with van der Waals surface area (Å²) in [6.07, 6.45) is 2.67. The third kappa shape index (κ3) is 1.78. The Balaban J connectivity index is 2.02.